The fourth-order valence-corrected chi connectivity index (χ4v) is 2.92. The van der Waals surface area contributed by atoms with E-state index in [2.05, 4.69) is 15.1 Å². The van der Waals surface area contributed by atoms with Crippen LogP contribution in [-0.4, -0.2) is 15.4 Å². The van der Waals surface area contributed by atoms with E-state index >= 15 is 0 Å². The maximum absolute atomic E-state index is 11.6. The lowest BCUT2D eigenvalue weighted by Gasteiger charge is -2.04. The Morgan fingerprint density at radius 3 is 2.78 bits per heavy atom. The molecule has 1 aliphatic heterocycles. The zero-order valence-electron chi connectivity index (χ0n) is 11.9. The van der Waals surface area contributed by atoms with Gasteiger partial charge in [0.1, 0.15) is 10.1 Å². The highest BCUT2D eigenvalue weighted by atomic mass is 32.2. The maximum atomic E-state index is 11.6. The third-order valence-electron chi connectivity index (χ3n) is 3.09. The van der Waals surface area contributed by atoms with Gasteiger partial charge in [0.15, 0.2) is 6.61 Å². The van der Waals surface area contributed by atoms with E-state index in [9.17, 15) is 10.0 Å². The molecule has 2 aromatic rings. The molecule has 9 heteroatoms. The van der Waals surface area contributed by atoms with Crippen LogP contribution in [0.25, 0.3) is 6.08 Å². The molecular weight excluding hydrogens is 338 g/mol. The number of benzene rings is 1. The fraction of sp³-hybridized carbons (Fsp3) is 0.143. The van der Waals surface area contributed by atoms with E-state index in [0.717, 1.165) is 5.56 Å². The molecule has 23 heavy (non-hydrogen) atoms. The van der Waals surface area contributed by atoms with Gasteiger partial charge in [-0.15, -0.1) is 0 Å². The minimum absolute atomic E-state index is 0.0613. The average molecular weight is 349 g/mol. The molecule has 1 aromatic carbocycles. The number of amides is 1. The van der Waals surface area contributed by atoms with Crippen molar-refractivity contribution >= 4 is 40.3 Å². The van der Waals surface area contributed by atoms with Crippen molar-refractivity contribution in [1.82, 2.24) is 10.5 Å². The van der Waals surface area contributed by atoms with E-state index in [1.54, 1.807) is 25.1 Å². The van der Waals surface area contributed by atoms with Gasteiger partial charge in [-0.2, -0.15) is 0 Å². The lowest BCUT2D eigenvalue weighted by Crippen LogP contribution is -2.29. The Labute approximate surface area is 140 Å². The summed E-state index contributed by atoms with van der Waals surface area (Å²) in [5.74, 6) is 0.398. The molecule has 1 N–H and O–H groups in total. The van der Waals surface area contributed by atoms with Crippen molar-refractivity contribution < 1.29 is 19.1 Å². The van der Waals surface area contributed by atoms with Crippen LogP contribution in [-0.2, 0) is 11.4 Å². The van der Waals surface area contributed by atoms with Gasteiger partial charge in [-0.25, -0.2) is 0 Å². The molecule has 1 fully saturated rings. The van der Waals surface area contributed by atoms with E-state index < -0.39 is 0 Å². The van der Waals surface area contributed by atoms with Crippen LogP contribution in [0.5, 0.6) is 5.75 Å². The number of ether oxygens (including phenoxy) is 1. The molecule has 3 rings (SSSR count). The van der Waals surface area contributed by atoms with Crippen LogP contribution in [0, 0.1) is 12.1 Å². The summed E-state index contributed by atoms with van der Waals surface area (Å²) in [6.07, 6.45) is 1.75. The van der Waals surface area contributed by atoms with Crippen molar-refractivity contribution in [2.24, 2.45) is 0 Å². The zero-order chi connectivity index (χ0) is 16.4. The number of thiocarbonyl (C=S) groups is 1. The van der Waals surface area contributed by atoms with Gasteiger partial charge in [0.2, 0.25) is 11.4 Å². The molecule has 0 aliphatic carbocycles. The van der Waals surface area contributed by atoms with E-state index in [-0.39, 0.29) is 12.5 Å². The predicted octanol–water partition coefficient (Wildman–Crippen LogP) is 1.68. The number of nitrogens with one attached hydrogen (secondary N) is 1. The number of hydrogen-bond acceptors (Lipinski definition) is 7. The first kappa shape index (κ1) is 15.5. The minimum Gasteiger partial charge on any atom is -0.485 e. The van der Waals surface area contributed by atoms with Crippen molar-refractivity contribution in [2.45, 2.75) is 13.5 Å². The van der Waals surface area contributed by atoms with Gasteiger partial charge in [0, 0.05) is 12.1 Å². The standard InChI is InChI=1S/C14H11N3O4S2/c1-8-11(17(19)21-16-8)7-20-10-4-2-9(3-5-10)6-12-13(18)15-14(22)23-12/h2-6H,7H2,1H3,(H,15,18,22)/b12-6-. The molecule has 7 nitrogen and oxygen atoms in total. The van der Waals surface area contributed by atoms with Crippen LogP contribution in [0.1, 0.15) is 17.0 Å². The number of thioether (sulfide) groups is 1. The number of aromatic nitrogens is 2. The number of rotatable bonds is 4. The Morgan fingerprint density at radius 1 is 1.48 bits per heavy atom. The fourth-order valence-electron chi connectivity index (χ4n) is 1.87. The third-order valence-corrected chi connectivity index (χ3v) is 4.25. The number of aryl methyl sites for hydroxylation is 1. The van der Waals surface area contributed by atoms with Crippen molar-refractivity contribution in [3.8, 4) is 5.75 Å². The van der Waals surface area contributed by atoms with Crippen LogP contribution in [0.15, 0.2) is 33.8 Å². The molecule has 118 valence electrons. The summed E-state index contributed by atoms with van der Waals surface area (Å²) in [7, 11) is 0. The molecule has 0 bridgehead atoms. The first-order valence-corrected chi connectivity index (χ1v) is 7.78. The Bertz CT molecular complexity index is 779. The van der Waals surface area contributed by atoms with Gasteiger partial charge in [-0.3, -0.25) is 9.42 Å². The van der Waals surface area contributed by atoms with Crippen molar-refractivity contribution in [1.29, 1.82) is 0 Å². The number of hydrogen-bond donors (Lipinski definition) is 1. The average Bonchev–Trinajstić information content (AvgIpc) is 3.01. The molecule has 0 radical (unpaired) electrons. The topological polar surface area (TPSA) is 91.3 Å². The normalized spacial score (nSPS) is 16.0. The van der Waals surface area contributed by atoms with Gasteiger partial charge in [0.25, 0.3) is 5.91 Å². The highest BCUT2D eigenvalue weighted by Gasteiger charge is 2.21. The van der Waals surface area contributed by atoms with E-state index in [4.69, 9.17) is 17.0 Å². The molecular formula is C14H11N3O4S2. The lowest BCUT2D eigenvalue weighted by molar-refractivity contribution is -0.808. The SMILES string of the molecule is Cc1no[n+]([O-])c1COc1ccc(/C=C2\SC(=S)NC2=O)cc1. The van der Waals surface area contributed by atoms with Crippen molar-refractivity contribution in [3.63, 3.8) is 0 Å². The molecule has 0 unspecified atom stereocenters. The minimum atomic E-state index is -0.191. The molecule has 1 aromatic heterocycles. The largest absolute Gasteiger partial charge is 0.485 e. The quantitative estimate of drug-likeness (QED) is 0.510. The van der Waals surface area contributed by atoms with Crippen molar-refractivity contribution in [3.05, 3.63) is 51.3 Å². The second-order valence-corrected chi connectivity index (χ2v) is 6.39. The smallest absolute Gasteiger partial charge is 0.263 e. The van der Waals surface area contributed by atoms with E-state index in [0.29, 0.717) is 31.3 Å². The van der Waals surface area contributed by atoms with Crippen LogP contribution in [0.3, 0.4) is 0 Å². The maximum Gasteiger partial charge on any atom is 0.263 e. The first-order chi connectivity index (χ1) is 11.0. The molecule has 0 atom stereocenters. The monoisotopic (exact) mass is 349 g/mol. The molecule has 1 aliphatic rings. The highest BCUT2D eigenvalue weighted by Crippen LogP contribution is 2.26. The summed E-state index contributed by atoms with van der Waals surface area (Å²) in [5, 5.41) is 17.4. The zero-order valence-corrected chi connectivity index (χ0v) is 13.6. The molecule has 1 saturated heterocycles. The molecule has 0 spiro atoms. The van der Waals surface area contributed by atoms with E-state index in [1.807, 2.05) is 12.1 Å². The third kappa shape index (κ3) is 3.51. The molecule has 2 heterocycles. The summed E-state index contributed by atoms with van der Waals surface area (Å²) in [4.78, 5) is 12.5. The summed E-state index contributed by atoms with van der Waals surface area (Å²) in [6, 6.07) is 7.12. The highest BCUT2D eigenvalue weighted by molar-refractivity contribution is 8.26. The van der Waals surface area contributed by atoms with Crippen LogP contribution < -0.4 is 15.0 Å². The van der Waals surface area contributed by atoms with Gasteiger partial charge in [0.05, 0.1) is 4.91 Å². The number of nitrogens with zero attached hydrogens (tertiary/aromatic N) is 2. The van der Waals surface area contributed by atoms with Crippen LogP contribution in [0.4, 0.5) is 0 Å². The van der Waals surface area contributed by atoms with Crippen LogP contribution >= 0.6 is 24.0 Å². The summed E-state index contributed by atoms with van der Waals surface area (Å²) < 4.78 is 10.5. The molecule has 0 saturated carbocycles. The second kappa shape index (κ2) is 6.39. The summed E-state index contributed by atoms with van der Waals surface area (Å²) in [5.41, 5.74) is 1.66. The predicted molar refractivity (Wildman–Crippen MR) is 87.3 cm³/mol. The number of carbonyl (C=O) groups is 1. The van der Waals surface area contributed by atoms with Crippen molar-refractivity contribution in [2.75, 3.05) is 0 Å². The Morgan fingerprint density at radius 2 is 2.22 bits per heavy atom. The number of carbonyl (C=O) groups excluding carboxylic acids is 1. The summed E-state index contributed by atoms with van der Waals surface area (Å²) in [6.45, 7) is 1.73. The lowest BCUT2D eigenvalue weighted by atomic mass is 10.2. The van der Waals surface area contributed by atoms with Crippen LogP contribution in [0.2, 0.25) is 0 Å². The van der Waals surface area contributed by atoms with Gasteiger partial charge >= 0.3 is 0 Å². The molecule has 1 amide bonds. The van der Waals surface area contributed by atoms with Gasteiger partial charge < -0.3 is 15.3 Å². The van der Waals surface area contributed by atoms with Gasteiger partial charge in [-0.1, -0.05) is 36.1 Å². The Hall–Kier alpha value is -2.39. The van der Waals surface area contributed by atoms with E-state index in [1.165, 1.54) is 11.8 Å². The van der Waals surface area contributed by atoms with Gasteiger partial charge in [-0.05, 0) is 28.7 Å². The second-order valence-electron chi connectivity index (χ2n) is 4.67. The Balaban J connectivity index is 1.67. The summed E-state index contributed by atoms with van der Waals surface area (Å²) >= 11 is 6.16. The Kier molecular flexibility index (Phi) is 4.30. The first-order valence-electron chi connectivity index (χ1n) is 6.56.